The molecule has 0 atom stereocenters. The summed E-state index contributed by atoms with van der Waals surface area (Å²) in [5, 5.41) is 3.54. The lowest BCUT2D eigenvalue weighted by Gasteiger charge is -2.35. The zero-order valence-corrected chi connectivity index (χ0v) is 13.3. The molecule has 0 aliphatic heterocycles. The number of nitrogens with one attached hydrogen (secondary N) is 1. The lowest BCUT2D eigenvalue weighted by molar-refractivity contribution is -0.149. The van der Waals surface area contributed by atoms with E-state index in [4.69, 9.17) is 4.74 Å². The molecule has 0 radical (unpaired) electrons. The van der Waals surface area contributed by atoms with Gasteiger partial charge in [-0.3, -0.25) is 0 Å². The highest BCUT2D eigenvalue weighted by Gasteiger charge is 2.39. The van der Waals surface area contributed by atoms with E-state index in [-0.39, 0.29) is 5.97 Å². The highest BCUT2D eigenvalue weighted by atomic mass is 16.5. The summed E-state index contributed by atoms with van der Waals surface area (Å²) in [7, 11) is 0. The second-order valence-corrected chi connectivity index (χ2v) is 6.01. The fraction of sp³-hybridized carbons (Fsp3) is 0.611. The monoisotopic (exact) mass is 289 g/mol. The molecule has 0 spiro atoms. The van der Waals surface area contributed by atoms with E-state index in [0.29, 0.717) is 6.61 Å². The zero-order valence-electron chi connectivity index (χ0n) is 13.3. The minimum atomic E-state index is -0.553. The van der Waals surface area contributed by atoms with Gasteiger partial charge in [0.25, 0.3) is 0 Å². The average molecular weight is 289 g/mol. The number of rotatable bonds is 4. The first-order valence-corrected chi connectivity index (χ1v) is 8.19. The van der Waals surface area contributed by atoms with Gasteiger partial charge in [-0.05, 0) is 38.3 Å². The van der Waals surface area contributed by atoms with Crippen molar-refractivity contribution < 1.29 is 9.53 Å². The van der Waals surface area contributed by atoms with Crippen molar-refractivity contribution in [2.75, 3.05) is 11.9 Å². The summed E-state index contributed by atoms with van der Waals surface area (Å²) in [5.74, 6) is -0.0878. The average Bonchev–Trinajstić information content (AvgIpc) is 2.44. The minimum Gasteiger partial charge on any atom is -0.464 e. The summed E-state index contributed by atoms with van der Waals surface area (Å²) in [5.41, 5.74) is 1.66. The van der Waals surface area contributed by atoms with Gasteiger partial charge in [0.1, 0.15) is 5.54 Å². The lowest BCUT2D eigenvalue weighted by atomic mass is 9.83. The zero-order chi connectivity index (χ0) is 15.1. The summed E-state index contributed by atoms with van der Waals surface area (Å²) in [6, 6.07) is 8.16. The number of ether oxygens (including phenoxy) is 1. The van der Waals surface area contributed by atoms with Crippen LogP contribution in [0.4, 0.5) is 5.69 Å². The smallest absolute Gasteiger partial charge is 0.331 e. The van der Waals surface area contributed by atoms with Crippen LogP contribution in [0.1, 0.15) is 57.4 Å². The van der Waals surface area contributed by atoms with Crippen molar-refractivity contribution >= 4 is 11.7 Å². The maximum absolute atomic E-state index is 12.6. The van der Waals surface area contributed by atoms with Crippen LogP contribution in [0.3, 0.4) is 0 Å². The fourth-order valence-corrected chi connectivity index (χ4v) is 3.13. The molecule has 1 aliphatic carbocycles. The summed E-state index contributed by atoms with van der Waals surface area (Å²) in [6.07, 6.45) is 7.58. The molecule has 0 amide bonds. The molecule has 0 aromatic heterocycles. The third-order valence-corrected chi connectivity index (χ3v) is 4.39. The quantitative estimate of drug-likeness (QED) is 0.832. The molecule has 3 nitrogen and oxygen atoms in total. The molecule has 1 saturated carbocycles. The first-order chi connectivity index (χ1) is 10.2. The van der Waals surface area contributed by atoms with Gasteiger partial charge in [-0.15, -0.1) is 0 Å². The van der Waals surface area contributed by atoms with Gasteiger partial charge in [0.05, 0.1) is 6.61 Å². The summed E-state index contributed by atoms with van der Waals surface area (Å²) in [6.45, 7) is 4.39. The van der Waals surface area contributed by atoms with Crippen LogP contribution in [0.25, 0.3) is 0 Å². The lowest BCUT2D eigenvalue weighted by Crippen LogP contribution is -2.48. The van der Waals surface area contributed by atoms with Gasteiger partial charge < -0.3 is 10.1 Å². The first-order valence-electron chi connectivity index (χ1n) is 8.19. The molecule has 2 rings (SSSR count). The van der Waals surface area contributed by atoms with Crippen molar-refractivity contribution in [3.8, 4) is 0 Å². The number of esters is 1. The van der Waals surface area contributed by atoms with Gasteiger partial charge in [0.15, 0.2) is 0 Å². The molecule has 1 aliphatic rings. The number of carbonyl (C=O) groups is 1. The van der Waals surface area contributed by atoms with Crippen molar-refractivity contribution in [3.05, 3.63) is 29.8 Å². The minimum absolute atomic E-state index is 0.0878. The number of para-hydroxylation sites is 1. The Labute approximate surface area is 128 Å². The molecular weight excluding hydrogens is 262 g/mol. The Balaban J connectivity index is 2.25. The number of anilines is 1. The van der Waals surface area contributed by atoms with E-state index in [1.807, 2.05) is 19.1 Å². The first kappa shape index (κ1) is 15.9. The van der Waals surface area contributed by atoms with Gasteiger partial charge >= 0.3 is 5.97 Å². The standard InChI is InChI=1S/C18H27NO2/c1-3-21-17(20)18(13-9-5-4-6-10-14-18)19-16-12-8-7-11-15(16)2/h7-8,11-12,19H,3-6,9-10,13-14H2,1-2H3. The molecule has 0 saturated heterocycles. The van der Waals surface area contributed by atoms with Gasteiger partial charge in [0, 0.05) is 5.69 Å². The SMILES string of the molecule is CCOC(=O)C1(Nc2ccccc2C)CCCCCCC1. The summed E-state index contributed by atoms with van der Waals surface area (Å²) < 4.78 is 5.39. The highest BCUT2D eigenvalue weighted by Crippen LogP contribution is 2.32. The second-order valence-electron chi connectivity index (χ2n) is 6.01. The van der Waals surface area contributed by atoms with E-state index < -0.39 is 5.54 Å². The van der Waals surface area contributed by atoms with E-state index in [1.165, 1.54) is 24.8 Å². The molecule has 3 heteroatoms. The van der Waals surface area contributed by atoms with Gasteiger partial charge in [-0.1, -0.05) is 50.3 Å². The van der Waals surface area contributed by atoms with Crippen molar-refractivity contribution in [1.82, 2.24) is 0 Å². The van der Waals surface area contributed by atoms with Gasteiger partial charge in [-0.25, -0.2) is 4.79 Å². The predicted molar refractivity (Wildman–Crippen MR) is 86.5 cm³/mol. The molecular formula is C18H27NO2. The van der Waals surface area contributed by atoms with Crippen LogP contribution >= 0.6 is 0 Å². The number of hydrogen-bond acceptors (Lipinski definition) is 3. The van der Waals surface area contributed by atoms with E-state index in [0.717, 1.165) is 31.4 Å². The van der Waals surface area contributed by atoms with Gasteiger partial charge in [-0.2, -0.15) is 0 Å². The van der Waals surface area contributed by atoms with E-state index in [9.17, 15) is 4.79 Å². The third-order valence-electron chi connectivity index (χ3n) is 4.39. The Morgan fingerprint density at radius 2 is 1.76 bits per heavy atom. The van der Waals surface area contributed by atoms with Crippen LogP contribution in [-0.4, -0.2) is 18.1 Å². The Kier molecular flexibility index (Phi) is 5.66. The Hall–Kier alpha value is -1.51. The van der Waals surface area contributed by atoms with Crippen molar-refractivity contribution in [3.63, 3.8) is 0 Å². The molecule has 1 N–H and O–H groups in total. The second kappa shape index (κ2) is 7.48. The number of benzene rings is 1. The maximum Gasteiger partial charge on any atom is 0.331 e. The van der Waals surface area contributed by atoms with Crippen molar-refractivity contribution in [2.45, 2.75) is 64.3 Å². The summed E-state index contributed by atoms with van der Waals surface area (Å²) >= 11 is 0. The highest BCUT2D eigenvalue weighted by molar-refractivity contribution is 5.85. The van der Waals surface area contributed by atoms with Crippen LogP contribution < -0.4 is 5.32 Å². The van der Waals surface area contributed by atoms with Crippen LogP contribution in [0, 0.1) is 6.92 Å². The van der Waals surface area contributed by atoms with Crippen molar-refractivity contribution in [2.24, 2.45) is 0 Å². The molecule has 1 aromatic carbocycles. The fourth-order valence-electron chi connectivity index (χ4n) is 3.13. The van der Waals surface area contributed by atoms with E-state index in [1.54, 1.807) is 0 Å². The molecule has 0 heterocycles. The van der Waals surface area contributed by atoms with Crippen molar-refractivity contribution in [1.29, 1.82) is 0 Å². The summed E-state index contributed by atoms with van der Waals surface area (Å²) in [4.78, 5) is 12.6. The van der Waals surface area contributed by atoms with Crippen LogP contribution in [0.5, 0.6) is 0 Å². The Morgan fingerprint density at radius 1 is 1.14 bits per heavy atom. The molecule has 1 fully saturated rings. The van der Waals surface area contributed by atoms with Crippen LogP contribution in [-0.2, 0) is 9.53 Å². The Bertz CT molecular complexity index is 462. The van der Waals surface area contributed by atoms with Gasteiger partial charge in [0.2, 0.25) is 0 Å². The largest absolute Gasteiger partial charge is 0.464 e. The normalized spacial score (nSPS) is 18.4. The number of carbonyl (C=O) groups excluding carboxylic acids is 1. The Morgan fingerprint density at radius 3 is 2.38 bits per heavy atom. The predicted octanol–water partition coefficient (Wildman–Crippen LogP) is 4.45. The molecule has 116 valence electrons. The van der Waals surface area contributed by atoms with E-state index in [2.05, 4.69) is 24.4 Å². The molecule has 1 aromatic rings. The van der Waals surface area contributed by atoms with E-state index >= 15 is 0 Å². The maximum atomic E-state index is 12.6. The molecule has 21 heavy (non-hydrogen) atoms. The van der Waals surface area contributed by atoms with Crippen LogP contribution in [0.15, 0.2) is 24.3 Å². The molecule has 0 bridgehead atoms. The number of hydrogen-bond donors (Lipinski definition) is 1. The third kappa shape index (κ3) is 3.99. The van der Waals surface area contributed by atoms with Crippen LogP contribution in [0.2, 0.25) is 0 Å². The number of aryl methyl sites for hydroxylation is 1. The topological polar surface area (TPSA) is 38.3 Å². The molecule has 0 unspecified atom stereocenters.